The first kappa shape index (κ1) is 16.1. The molecule has 0 unspecified atom stereocenters. The van der Waals surface area contributed by atoms with E-state index in [2.05, 4.69) is 11.2 Å². The van der Waals surface area contributed by atoms with E-state index in [0.717, 1.165) is 25.8 Å². The summed E-state index contributed by atoms with van der Waals surface area (Å²) in [6.45, 7) is 6.75. The van der Waals surface area contributed by atoms with Crippen LogP contribution in [0.4, 0.5) is 4.79 Å². The molecule has 5 heteroatoms. The van der Waals surface area contributed by atoms with Crippen molar-refractivity contribution in [2.24, 2.45) is 5.92 Å². The second-order valence-electron chi connectivity index (χ2n) is 5.96. The molecule has 0 aromatic carbocycles. The maximum absolute atomic E-state index is 12.4. The summed E-state index contributed by atoms with van der Waals surface area (Å²) in [5.74, 6) is 2.30. The molecule has 2 rings (SSSR count). The summed E-state index contributed by atoms with van der Waals surface area (Å²) in [5.41, 5.74) is 0. The van der Waals surface area contributed by atoms with Crippen molar-refractivity contribution in [3.8, 4) is 12.3 Å². The molecule has 2 aliphatic heterocycles. The van der Waals surface area contributed by atoms with Gasteiger partial charge in [0, 0.05) is 31.5 Å². The van der Waals surface area contributed by atoms with Crippen LogP contribution in [0.15, 0.2) is 0 Å². The molecule has 21 heavy (non-hydrogen) atoms. The van der Waals surface area contributed by atoms with Gasteiger partial charge in [-0.25, -0.2) is 4.79 Å². The molecule has 2 aliphatic rings. The highest BCUT2D eigenvalue weighted by molar-refractivity contribution is 5.74. The topological polar surface area (TPSA) is 50.8 Å². The summed E-state index contributed by atoms with van der Waals surface area (Å²) in [6, 6.07) is 0.0286. The summed E-state index contributed by atoms with van der Waals surface area (Å²) in [4.78, 5) is 14.2. The smallest absolute Gasteiger partial charge is 0.317 e. The number of hydrogen-bond acceptors (Lipinski definition) is 3. The van der Waals surface area contributed by atoms with Gasteiger partial charge in [-0.05, 0) is 26.2 Å². The summed E-state index contributed by atoms with van der Waals surface area (Å²) < 4.78 is 11.5. The number of rotatable bonds is 4. The van der Waals surface area contributed by atoms with Gasteiger partial charge in [0.25, 0.3) is 0 Å². The monoisotopic (exact) mass is 294 g/mol. The number of hydrogen-bond donors (Lipinski definition) is 1. The molecule has 0 aromatic rings. The molecule has 0 bridgehead atoms. The van der Waals surface area contributed by atoms with E-state index in [9.17, 15) is 4.79 Å². The van der Waals surface area contributed by atoms with Crippen molar-refractivity contribution in [1.29, 1.82) is 0 Å². The van der Waals surface area contributed by atoms with E-state index in [1.54, 1.807) is 0 Å². The number of carbonyl (C=O) groups is 1. The van der Waals surface area contributed by atoms with Crippen LogP contribution in [0, 0.1) is 18.3 Å². The van der Waals surface area contributed by atoms with E-state index < -0.39 is 5.79 Å². The van der Waals surface area contributed by atoms with E-state index in [1.165, 1.54) is 0 Å². The lowest BCUT2D eigenvalue weighted by Crippen LogP contribution is -2.52. The van der Waals surface area contributed by atoms with Crippen LogP contribution in [0.1, 0.15) is 39.5 Å². The maximum Gasteiger partial charge on any atom is 0.317 e. The average Bonchev–Trinajstić information content (AvgIpc) is 2.95. The van der Waals surface area contributed by atoms with Gasteiger partial charge in [-0.3, -0.25) is 0 Å². The zero-order chi connectivity index (χ0) is 15.3. The maximum atomic E-state index is 12.4. The highest BCUT2D eigenvalue weighted by Gasteiger charge is 2.42. The van der Waals surface area contributed by atoms with E-state index >= 15 is 0 Å². The molecular weight excluding hydrogens is 268 g/mol. The minimum absolute atomic E-state index is 0.0246. The second kappa shape index (κ2) is 7.15. The van der Waals surface area contributed by atoms with Gasteiger partial charge < -0.3 is 19.7 Å². The quantitative estimate of drug-likeness (QED) is 0.807. The third-order valence-corrected chi connectivity index (χ3v) is 4.50. The Kier molecular flexibility index (Phi) is 5.49. The average molecular weight is 294 g/mol. The van der Waals surface area contributed by atoms with E-state index in [0.29, 0.717) is 26.2 Å². The number of carbonyl (C=O) groups excluding carboxylic acids is 1. The molecular formula is C16H26N2O3. The fourth-order valence-electron chi connectivity index (χ4n) is 3.06. The molecule has 0 saturated carbocycles. The molecule has 1 N–H and O–H groups in total. The predicted molar refractivity (Wildman–Crippen MR) is 80.7 cm³/mol. The lowest BCUT2D eigenvalue weighted by atomic mass is 9.90. The van der Waals surface area contributed by atoms with E-state index in [-0.39, 0.29) is 18.0 Å². The fourth-order valence-corrected chi connectivity index (χ4v) is 3.06. The molecule has 2 heterocycles. The Balaban J connectivity index is 1.91. The molecule has 2 atom stereocenters. The van der Waals surface area contributed by atoms with Crippen LogP contribution in [-0.4, -0.2) is 49.1 Å². The van der Waals surface area contributed by atoms with Crippen LogP contribution >= 0.6 is 0 Å². The summed E-state index contributed by atoms with van der Waals surface area (Å²) in [5, 5.41) is 3.02. The number of urea groups is 1. The SMILES string of the molecule is C#CC[C@H](CC)NC(=O)N1CCC[C@H](C2(C)OCCO2)C1. The normalized spacial score (nSPS) is 26.1. The highest BCUT2D eigenvalue weighted by atomic mass is 16.7. The summed E-state index contributed by atoms with van der Waals surface area (Å²) >= 11 is 0. The van der Waals surface area contributed by atoms with Crippen LogP contribution in [0.25, 0.3) is 0 Å². The lowest BCUT2D eigenvalue weighted by Gasteiger charge is -2.40. The van der Waals surface area contributed by atoms with Crippen molar-refractivity contribution < 1.29 is 14.3 Å². The standard InChI is InChI=1S/C16H26N2O3/c1-4-7-14(5-2)17-15(19)18-9-6-8-13(12-18)16(3)20-10-11-21-16/h1,13-14H,5-12H2,2-3H3,(H,17,19)/t13-,14-/m0/s1. The molecule has 2 fully saturated rings. The Morgan fingerprint density at radius 2 is 2.24 bits per heavy atom. The van der Waals surface area contributed by atoms with Crippen molar-refractivity contribution in [1.82, 2.24) is 10.2 Å². The molecule has 2 saturated heterocycles. The van der Waals surface area contributed by atoms with E-state index in [1.807, 2.05) is 18.7 Å². The fraction of sp³-hybridized carbons (Fsp3) is 0.812. The first-order chi connectivity index (χ1) is 10.1. The Hall–Kier alpha value is -1.25. The number of nitrogens with one attached hydrogen (secondary N) is 1. The van der Waals surface area contributed by atoms with Crippen LogP contribution in [0.3, 0.4) is 0 Å². The Morgan fingerprint density at radius 3 is 2.86 bits per heavy atom. The minimum Gasteiger partial charge on any atom is -0.347 e. The van der Waals surface area contributed by atoms with Gasteiger partial charge in [-0.1, -0.05) is 6.92 Å². The zero-order valence-electron chi connectivity index (χ0n) is 13.1. The minimum atomic E-state index is -0.540. The zero-order valence-corrected chi connectivity index (χ0v) is 13.1. The Labute approximate surface area is 127 Å². The number of ether oxygens (including phenoxy) is 2. The number of nitrogens with zero attached hydrogens (tertiary/aromatic N) is 1. The number of likely N-dealkylation sites (tertiary alicyclic amines) is 1. The molecule has 0 radical (unpaired) electrons. The number of piperidine rings is 1. The van der Waals surface area contributed by atoms with Crippen LogP contribution < -0.4 is 5.32 Å². The summed E-state index contributed by atoms with van der Waals surface area (Å²) in [7, 11) is 0. The van der Waals surface area contributed by atoms with Crippen LogP contribution in [0.2, 0.25) is 0 Å². The predicted octanol–water partition coefficient (Wildman–Crippen LogP) is 1.97. The van der Waals surface area contributed by atoms with Crippen molar-refractivity contribution in [3.05, 3.63) is 0 Å². The molecule has 118 valence electrons. The largest absolute Gasteiger partial charge is 0.347 e. The van der Waals surface area contributed by atoms with Crippen molar-refractivity contribution in [3.63, 3.8) is 0 Å². The van der Waals surface area contributed by atoms with Gasteiger partial charge in [-0.2, -0.15) is 0 Å². The molecule has 5 nitrogen and oxygen atoms in total. The van der Waals surface area contributed by atoms with Gasteiger partial charge >= 0.3 is 6.03 Å². The van der Waals surface area contributed by atoms with Crippen molar-refractivity contribution in [2.45, 2.75) is 51.4 Å². The second-order valence-corrected chi connectivity index (χ2v) is 5.96. The van der Waals surface area contributed by atoms with Crippen LogP contribution in [0.5, 0.6) is 0 Å². The van der Waals surface area contributed by atoms with Crippen molar-refractivity contribution in [2.75, 3.05) is 26.3 Å². The molecule has 0 aliphatic carbocycles. The van der Waals surface area contributed by atoms with Gasteiger partial charge in [0.05, 0.1) is 13.2 Å². The van der Waals surface area contributed by atoms with Gasteiger partial charge in [0.15, 0.2) is 5.79 Å². The molecule has 0 aromatic heterocycles. The molecule has 2 amide bonds. The Morgan fingerprint density at radius 1 is 1.52 bits per heavy atom. The molecule has 0 spiro atoms. The summed E-state index contributed by atoms with van der Waals surface area (Å²) in [6.07, 6.45) is 8.76. The van der Waals surface area contributed by atoms with E-state index in [4.69, 9.17) is 15.9 Å². The van der Waals surface area contributed by atoms with Gasteiger partial charge in [0.1, 0.15) is 0 Å². The first-order valence-electron chi connectivity index (χ1n) is 7.86. The van der Waals surface area contributed by atoms with Crippen molar-refractivity contribution >= 4 is 6.03 Å². The number of amides is 2. The van der Waals surface area contributed by atoms with Gasteiger partial charge in [0.2, 0.25) is 0 Å². The lowest BCUT2D eigenvalue weighted by molar-refractivity contribution is -0.189. The van der Waals surface area contributed by atoms with Gasteiger partial charge in [-0.15, -0.1) is 12.3 Å². The third-order valence-electron chi connectivity index (χ3n) is 4.50. The first-order valence-corrected chi connectivity index (χ1v) is 7.86. The Bertz CT molecular complexity index is 399. The number of terminal acetylenes is 1. The van der Waals surface area contributed by atoms with Crippen LogP contribution in [-0.2, 0) is 9.47 Å². The third kappa shape index (κ3) is 3.90. The highest BCUT2D eigenvalue weighted by Crippen LogP contribution is 2.34.